The van der Waals surface area contributed by atoms with Gasteiger partial charge in [-0.3, -0.25) is 0 Å². The van der Waals surface area contributed by atoms with Crippen LogP contribution in [0, 0.1) is 11.3 Å². The third-order valence-corrected chi connectivity index (χ3v) is 5.44. The van der Waals surface area contributed by atoms with E-state index < -0.39 is 0 Å². The zero-order valence-corrected chi connectivity index (χ0v) is 12.8. The molecule has 0 spiro atoms. The van der Waals surface area contributed by atoms with Gasteiger partial charge < -0.3 is 4.74 Å². The Morgan fingerprint density at radius 2 is 1.88 bits per heavy atom. The van der Waals surface area contributed by atoms with Gasteiger partial charge in [-0.1, -0.05) is 40.0 Å². The van der Waals surface area contributed by atoms with Gasteiger partial charge in [-0.25, -0.2) is 0 Å². The van der Waals surface area contributed by atoms with E-state index in [-0.39, 0.29) is 0 Å². The molecule has 0 saturated heterocycles. The van der Waals surface area contributed by atoms with Gasteiger partial charge in [0.05, 0.1) is 12.7 Å². The van der Waals surface area contributed by atoms with E-state index in [1.165, 1.54) is 44.9 Å². The van der Waals surface area contributed by atoms with E-state index in [1.807, 2.05) is 0 Å². The molecular formula is C15H30OS. The van der Waals surface area contributed by atoms with E-state index >= 15 is 0 Å². The van der Waals surface area contributed by atoms with Crippen LogP contribution in [0.1, 0.15) is 65.7 Å². The lowest BCUT2D eigenvalue weighted by atomic mass is 9.84. The summed E-state index contributed by atoms with van der Waals surface area (Å²) in [5.41, 5.74) is 0.308. The Hall–Kier alpha value is 0.310. The molecule has 2 atom stereocenters. The SMILES string of the molecule is CCC1CCCC(OCC(CC)(CC)CS)C1. The minimum Gasteiger partial charge on any atom is -0.378 e. The first-order valence-corrected chi connectivity index (χ1v) is 8.05. The Kier molecular flexibility index (Phi) is 6.94. The molecule has 0 radical (unpaired) electrons. The van der Waals surface area contributed by atoms with Gasteiger partial charge in [-0.2, -0.15) is 12.6 Å². The fourth-order valence-corrected chi connectivity index (χ4v) is 3.32. The highest BCUT2D eigenvalue weighted by Crippen LogP contribution is 2.32. The van der Waals surface area contributed by atoms with Gasteiger partial charge in [-0.15, -0.1) is 0 Å². The van der Waals surface area contributed by atoms with Gasteiger partial charge in [0.2, 0.25) is 0 Å². The number of hydrogen-bond donors (Lipinski definition) is 1. The summed E-state index contributed by atoms with van der Waals surface area (Å²) in [5.74, 6) is 1.85. The molecule has 1 fully saturated rings. The average Bonchev–Trinajstić information content (AvgIpc) is 2.41. The van der Waals surface area contributed by atoms with Crippen molar-refractivity contribution in [1.29, 1.82) is 0 Å². The van der Waals surface area contributed by atoms with Crippen LogP contribution in [-0.4, -0.2) is 18.5 Å². The second-order valence-corrected chi connectivity index (χ2v) is 6.06. The lowest BCUT2D eigenvalue weighted by Gasteiger charge is -2.34. The lowest BCUT2D eigenvalue weighted by Crippen LogP contribution is -2.32. The van der Waals surface area contributed by atoms with Gasteiger partial charge in [0.15, 0.2) is 0 Å². The molecule has 102 valence electrons. The molecule has 0 aliphatic heterocycles. The Labute approximate surface area is 113 Å². The Morgan fingerprint density at radius 3 is 2.41 bits per heavy atom. The molecule has 0 aromatic carbocycles. The van der Waals surface area contributed by atoms with Crippen LogP contribution in [0.15, 0.2) is 0 Å². The molecule has 2 heteroatoms. The van der Waals surface area contributed by atoms with E-state index in [9.17, 15) is 0 Å². The topological polar surface area (TPSA) is 9.23 Å². The Balaban J connectivity index is 2.38. The van der Waals surface area contributed by atoms with Crippen LogP contribution in [0.25, 0.3) is 0 Å². The molecular weight excluding hydrogens is 228 g/mol. The molecule has 1 saturated carbocycles. The summed E-state index contributed by atoms with van der Waals surface area (Å²) in [6, 6.07) is 0. The average molecular weight is 258 g/mol. The summed E-state index contributed by atoms with van der Waals surface area (Å²) < 4.78 is 6.20. The molecule has 1 aliphatic carbocycles. The van der Waals surface area contributed by atoms with Gasteiger partial charge in [0.1, 0.15) is 0 Å². The lowest BCUT2D eigenvalue weighted by molar-refractivity contribution is -0.0314. The van der Waals surface area contributed by atoms with Crippen LogP contribution in [0.4, 0.5) is 0 Å². The van der Waals surface area contributed by atoms with Crippen molar-refractivity contribution in [2.45, 2.75) is 71.8 Å². The van der Waals surface area contributed by atoms with Crippen LogP contribution in [0.3, 0.4) is 0 Å². The zero-order valence-electron chi connectivity index (χ0n) is 11.9. The van der Waals surface area contributed by atoms with Crippen molar-refractivity contribution < 1.29 is 4.74 Å². The minimum atomic E-state index is 0.308. The van der Waals surface area contributed by atoms with E-state index in [1.54, 1.807) is 0 Å². The third-order valence-electron chi connectivity index (χ3n) is 4.77. The van der Waals surface area contributed by atoms with Crippen LogP contribution in [0.5, 0.6) is 0 Å². The van der Waals surface area contributed by atoms with Crippen molar-refractivity contribution in [3.05, 3.63) is 0 Å². The normalized spacial score (nSPS) is 26.1. The van der Waals surface area contributed by atoms with Crippen LogP contribution in [0.2, 0.25) is 0 Å². The fourth-order valence-electron chi connectivity index (χ4n) is 2.78. The molecule has 17 heavy (non-hydrogen) atoms. The van der Waals surface area contributed by atoms with E-state index in [0.29, 0.717) is 11.5 Å². The summed E-state index contributed by atoms with van der Waals surface area (Å²) in [5, 5.41) is 0. The maximum Gasteiger partial charge on any atom is 0.0578 e. The second-order valence-electron chi connectivity index (χ2n) is 5.74. The standard InChI is InChI=1S/C15H30OS/c1-4-13-8-7-9-14(10-13)16-11-15(5-2,6-3)12-17/h13-14,17H,4-12H2,1-3H3. The van der Waals surface area contributed by atoms with Crippen molar-refractivity contribution in [2.75, 3.05) is 12.4 Å². The number of ether oxygens (including phenoxy) is 1. The molecule has 0 bridgehead atoms. The molecule has 0 amide bonds. The number of thiol groups is 1. The molecule has 2 unspecified atom stereocenters. The first kappa shape index (κ1) is 15.4. The van der Waals surface area contributed by atoms with Crippen molar-refractivity contribution in [3.8, 4) is 0 Å². The Morgan fingerprint density at radius 1 is 1.18 bits per heavy atom. The molecule has 0 heterocycles. The molecule has 1 rings (SSSR count). The Bertz CT molecular complexity index is 193. The predicted octanol–water partition coefficient (Wildman–Crippen LogP) is 4.71. The quantitative estimate of drug-likeness (QED) is 0.651. The molecule has 0 aromatic rings. The minimum absolute atomic E-state index is 0.308. The largest absolute Gasteiger partial charge is 0.378 e. The molecule has 1 aliphatic rings. The molecule has 0 aromatic heterocycles. The third kappa shape index (κ3) is 4.48. The summed E-state index contributed by atoms with van der Waals surface area (Å²) in [6.45, 7) is 7.74. The highest BCUT2D eigenvalue weighted by atomic mass is 32.1. The predicted molar refractivity (Wildman–Crippen MR) is 78.9 cm³/mol. The van der Waals surface area contributed by atoms with Crippen molar-refractivity contribution in [3.63, 3.8) is 0 Å². The van der Waals surface area contributed by atoms with E-state index in [0.717, 1.165) is 18.3 Å². The van der Waals surface area contributed by atoms with Crippen molar-refractivity contribution in [2.24, 2.45) is 11.3 Å². The monoisotopic (exact) mass is 258 g/mol. The summed E-state index contributed by atoms with van der Waals surface area (Å²) in [6.07, 6.45) is 9.52. The summed E-state index contributed by atoms with van der Waals surface area (Å²) in [4.78, 5) is 0. The maximum atomic E-state index is 6.20. The first-order chi connectivity index (χ1) is 8.19. The smallest absolute Gasteiger partial charge is 0.0578 e. The van der Waals surface area contributed by atoms with Crippen molar-refractivity contribution in [1.82, 2.24) is 0 Å². The first-order valence-electron chi connectivity index (χ1n) is 7.42. The highest BCUT2D eigenvalue weighted by molar-refractivity contribution is 7.80. The maximum absolute atomic E-state index is 6.20. The van der Waals surface area contributed by atoms with Gasteiger partial charge in [0.25, 0.3) is 0 Å². The second kappa shape index (κ2) is 7.68. The molecule has 0 N–H and O–H groups in total. The van der Waals surface area contributed by atoms with Crippen molar-refractivity contribution >= 4 is 12.6 Å². The van der Waals surface area contributed by atoms with Crippen LogP contribution >= 0.6 is 12.6 Å². The van der Waals surface area contributed by atoms with Crippen LogP contribution in [-0.2, 0) is 4.74 Å². The summed E-state index contributed by atoms with van der Waals surface area (Å²) >= 11 is 4.52. The zero-order chi connectivity index (χ0) is 12.7. The number of rotatable bonds is 7. The van der Waals surface area contributed by atoms with E-state index in [2.05, 4.69) is 33.4 Å². The van der Waals surface area contributed by atoms with Crippen LogP contribution < -0.4 is 0 Å². The fraction of sp³-hybridized carbons (Fsp3) is 1.00. The van der Waals surface area contributed by atoms with Gasteiger partial charge in [0, 0.05) is 5.41 Å². The van der Waals surface area contributed by atoms with Gasteiger partial charge >= 0.3 is 0 Å². The van der Waals surface area contributed by atoms with Gasteiger partial charge in [-0.05, 0) is 37.4 Å². The summed E-state index contributed by atoms with van der Waals surface area (Å²) in [7, 11) is 0. The molecule has 1 nitrogen and oxygen atoms in total. The van der Waals surface area contributed by atoms with E-state index in [4.69, 9.17) is 4.74 Å². The highest BCUT2D eigenvalue weighted by Gasteiger charge is 2.28. The number of hydrogen-bond acceptors (Lipinski definition) is 2.